The molecule has 8 heteroatoms. The van der Waals surface area contributed by atoms with Gasteiger partial charge in [0, 0.05) is 38.2 Å². The van der Waals surface area contributed by atoms with Crippen molar-refractivity contribution in [1.29, 1.82) is 0 Å². The third-order valence-corrected chi connectivity index (χ3v) is 6.57. The predicted octanol–water partition coefficient (Wildman–Crippen LogP) is 5.19. The lowest BCUT2D eigenvalue weighted by atomic mass is 10.0. The molecule has 1 saturated heterocycles. The zero-order valence-electron chi connectivity index (χ0n) is 18.8. The number of hydrogen-bond donors (Lipinski definition) is 0. The quantitative estimate of drug-likeness (QED) is 0.344. The highest BCUT2D eigenvalue weighted by atomic mass is 35.5. The number of anilines is 1. The molecule has 0 spiro atoms. The number of unbranched alkanes of at least 4 members (excludes halogenated alkanes) is 1. The Morgan fingerprint density at radius 2 is 1.59 bits per heavy atom. The lowest BCUT2D eigenvalue weighted by Crippen LogP contribution is -2.46. The van der Waals surface area contributed by atoms with Gasteiger partial charge >= 0.3 is 0 Å². The van der Waals surface area contributed by atoms with Crippen LogP contribution in [0, 0.1) is 0 Å². The van der Waals surface area contributed by atoms with Crippen molar-refractivity contribution >= 4 is 34.7 Å². The Bertz CT molecular complexity index is 905. The van der Waals surface area contributed by atoms with Gasteiger partial charge in [0.2, 0.25) is 5.75 Å². The summed E-state index contributed by atoms with van der Waals surface area (Å²) >= 11 is 12.5. The SMILES string of the molecule is COc1cc(C(=O)CCCCN2CCN(c3cccc(Cl)c3Cl)CC2)cc(OC)c1OC. The molecule has 1 fully saturated rings. The van der Waals surface area contributed by atoms with Crippen LogP contribution in [0.4, 0.5) is 5.69 Å². The van der Waals surface area contributed by atoms with Gasteiger partial charge < -0.3 is 19.1 Å². The minimum atomic E-state index is 0.0738. The van der Waals surface area contributed by atoms with Gasteiger partial charge in [-0.2, -0.15) is 0 Å². The molecule has 0 unspecified atom stereocenters. The molecule has 2 aromatic rings. The van der Waals surface area contributed by atoms with Crippen molar-refractivity contribution in [1.82, 2.24) is 4.90 Å². The van der Waals surface area contributed by atoms with Crippen molar-refractivity contribution in [3.05, 3.63) is 45.9 Å². The monoisotopic (exact) mass is 480 g/mol. The van der Waals surface area contributed by atoms with Gasteiger partial charge in [0.25, 0.3) is 0 Å². The van der Waals surface area contributed by atoms with E-state index in [0.717, 1.165) is 51.3 Å². The van der Waals surface area contributed by atoms with Gasteiger partial charge in [0.15, 0.2) is 17.3 Å². The van der Waals surface area contributed by atoms with Crippen LogP contribution in [0.1, 0.15) is 29.6 Å². The number of rotatable bonds is 10. The second kappa shape index (κ2) is 11.6. The van der Waals surface area contributed by atoms with Crippen LogP contribution in [0.2, 0.25) is 10.0 Å². The highest BCUT2D eigenvalue weighted by Crippen LogP contribution is 2.38. The second-order valence-corrected chi connectivity index (χ2v) is 8.48. The van der Waals surface area contributed by atoms with Gasteiger partial charge in [-0.05, 0) is 43.7 Å². The first-order chi connectivity index (χ1) is 15.5. The van der Waals surface area contributed by atoms with Gasteiger partial charge in [-0.15, -0.1) is 0 Å². The normalized spacial score (nSPS) is 14.3. The average molecular weight is 481 g/mol. The Morgan fingerprint density at radius 3 is 2.19 bits per heavy atom. The van der Waals surface area contributed by atoms with Crippen molar-refractivity contribution < 1.29 is 19.0 Å². The fourth-order valence-electron chi connectivity index (χ4n) is 3.96. The van der Waals surface area contributed by atoms with E-state index in [-0.39, 0.29) is 5.78 Å². The molecule has 32 heavy (non-hydrogen) atoms. The summed E-state index contributed by atoms with van der Waals surface area (Å²) in [6.07, 6.45) is 2.28. The minimum absolute atomic E-state index is 0.0738. The number of ether oxygens (including phenoxy) is 3. The molecule has 2 aromatic carbocycles. The van der Waals surface area contributed by atoms with E-state index in [1.165, 1.54) is 0 Å². The Kier molecular flexibility index (Phi) is 8.91. The summed E-state index contributed by atoms with van der Waals surface area (Å²) in [7, 11) is 4.64. The van der Waals surface area contributed by atoms with Gasteiger partial charge in [0.1, 0.15) is 0 Å². The third-order valence-electron chi connectivity index (χ3n) is 5.76. The molecule has 0 radical (unpaired) electrons. The maximum atomic E-state index is 12.7. The molecule has 0 N–H and O–H groups in total. The number of nitrogens with zero attached hydrogens (tertiary/aromatic N) is 2. The summed E-state index contributed by atoms with van der Waals surface area (Å²) in [4.78, 5) is 17.4. The number of ketones is 1. The van der Waals surface area contributed by atoms with E-state index in [2.05, 4.69) is 9.80 Å². The number of Topliss-reactive ketones (excluding diaryl/α,β-unsaturated/α-hetero) is 1. The van der Waals surface area contributed by atoms with Crippen molar-refractivity contribution in [2.24, 2.45) is 0 Å². The summed E-state index contributed by atoms with van der Waals surface area (Å²) in [6, 6.07) is 9.18. The van der Waals surface area contributed by atoms with Crippen LogP contribution < -0.4 is 19.1 Å². The van der Waals surface area contributed by atoms with E-state index in [4.69, 9.17) is 37.4 Å². The Labute approximate surface area is 199 Å². The average Bonchev–Trinajstić information content (AvgIpc) is 2.82. The number of carbonyl (C=O) groups is 1. The molecule has 1 aliphatic rings. The summed E-state index contributed by atoms with van der Waals surface area (Å²) in [5, 5.41) is 1.20. The molecule has 0 aliphatic carbocycles. The second-order valence-electron chi connectivity index (χ2n) is 7.70. The van der Waals surface area contributed by atoms with Crippen LogP contribution in [0.3, 0.4) is 0 Å². The fourth-order valence-corrected chi connectivity index (χ4v) is 4.37. The summed E-state index contributed by atoms with van der Waals surface area (Å²) in [5.74, 6) is 1.55. The van der Waals surface area contributed by atoms with Gasteiger partial charge in [0.05, 0.1) is 37.1 Å². The predicted molar refractivity (Wildman–Crippen MR) is 129 cm³/mol. The summed E-state index contributed by atoms with van der Waals surface area (Å²) < 4.78 is 16.0. The minimum Gasteiger partial charge on any atom is -0.493 e. The maximum Gasteiger partial charge on any atom is 0.203 e. The lowest BCUT2D eigenvalue weighted by Gasteiger charge is -2.36. The molecular weight excluding hydrogens is 451 g/mol. The molecule has 6 nitrogen and oxygen atoms in total. The molecule has 1 heterocycles. The standard InChI is InChI=1S/C24H30Cl2N2O4/c1-30-21-15-17(16-22(31-2)24(21)32-3)20(29)9-4-5-10-27-11-13-28(14-12-27)19-8-6-7-18(25)23(19)26/h6-8,15-16H,4-5,9-14H2,1-3H3. The molecule has 0 atom stereocenters. The van der Waals surface area contributed by atoms with E-state index in [1.54, 1.807) is 33.5 Å². The first-order valence-corrected chi connectivity index (χ1v) is 11.5. The first-order valence-electron chi connectivity index (χ1n) is 10.7. The number of carbonyl (C=O) groups excluding carboxylic acids is 1. The zero-order valence-corrected chi connectivity index (χ0v) is 20.3. The molecule has 0 saturated carbocycles. The van der Waals surface area contributed by atoms with Crippen LogP contribution in [-0.4, -0.2) is 64.7 Å². The molecule has 1 aliphatic heterocycles. The molecule has 0 amide bonds. The number of halogens is 2. The maximum absolute atomic E-state index is 12.7. The van der Waals surface area contributed by atoms with Crippen molar-refractivity contribution in [3.8, 4) is 17.2 Å². The molecule has 0 bridgehead atoms. The number of piperazine rings is 1. The van der Waals surface area contributed by atoms with Crippen molar-refractivity contribution in [2.75, 3.05) is 59.0 Å². The van der Waals surface area contributed by atoms with E-state index in [1.807, 2.05) is 18.2 Å². The topological polar surface area (TPSA) is 51.2 Å². The van der Waals surface area contributed by atoms with Gasteiger partial charge in [-0.3, -0.25) is 9.69 Å². The third kappa shape index (κ3) is 5.80. The molecule has 174 valence electrons. The molecule has 3 rings (SSSR count). The van der Waals surface area contributed by atoms with Gasteiger partial charge in [-0.1, -0.05) is 29.3 Å². The Balaban J connectivity index is 1.45. The van der Waals surface area contributed by atoms with Crippen molar-refractivity contribution in [2.45, 2.75) is 19.3 Å². The fraction of sp³-hybridized carbons (Fsp3) is 0.458. The van der Waals surface area contributed by atoms with Crippen LogP contribution in [-0.2, 0) is 0 Å². The smallest absolute Gasteiger partial charge is 0.203 e. The van der Waals surface area contributed by atoms with Crippen molar-refractivity contribution in [3.63, 3.8) is 0 Å². The van der Waals surface area contributed by atoms with E-state index in [9.17, 15) is 4.79 Å². The largest absolute Gasteiger partial charge is 0.493 e. The number of benzene rings is 2. The van der Waals surface area contributed by atoms with Crippen LogP contribution in [0.25, 0.3) is 0 Å². The first kappa shape index (κ1) is 24.5. The van der Waals surface area contributed by atoms with Gasteiger partial charge in [-0.25, -0.2) is 0 Å². The van der Waals surface area contributed by atoms with Crippen LogP contribution >= 0.6 is 23.2 Å². The van der Waals surface area contributed by atoms with Crippen LogP contribution in [0.15, 0.2) is 30.3 Å². The van der Waals surface area contributed by atoms with Crippen LogP contribution in [0.5, 0.6) is 17.2 Å². The van der Waals surface area contributed by atoms with E-state index < -0.39 is 0 Å². The lowest BCUT2D eigenvalue weighted by molar-refractivity contribution is 0.0977. The molecule has 0 aromatic heterocycles. The summed E-state index contributed by atoms with van der Waals surface area (Å²) in [5.41, 5.74) is 1.57. The molecular formula is C24H30Cl2N2O4. The number of hydrogen-bond acceptors (Lipinski definition) is 6. The highest BCUT2D eigenvalue weighted by Gasteiger charge is 2.20. The Morgan fingerprint density at radius 1 is 0.938 bits per heavy atom. The Hall–Kier alpha value is -2.15. The van der Waals surface area contributed by atoms with E-state index >= 15 is 0 Å². The highest BCUT2D eigenvalue weighted by molar-refractivity contribution is 6.43. The summed E-state index contributed by atoms with van der Waals surface area (Å²) in [6.45, 7) is 4.71. The van der Waals surface area contributed by atoms with E-state index in [0.29, 0.717) is 39.3 Å². The zero-order chi connectivity index (χ0) is 23.1. The number of methoxy groups -OCH3 is 3.